The van der Waals surface area contributed by atoms with Crippen molar-refractivity contribution in [2.75, 3.05) is 0 Å². The van der Waals surface area contributed by atoms with E-state index in [0.29, 0.717) is 5.56 Å². The lowest BCUT2D eigenvalue weighted by atomic mass is 9.99. The molecular formula is C20H15NO2. The van der Waals surface area contributed by atoms with Gasteiger partial charge in [0.2, 0.25) is 0 Å². The highest BCUT2D eigenvalue weighted by Gasteiger charge is 2.05. The van der Waals surface area contributed by atoms with Gasteiger partial charge in [0.05, 0.1) is 0 Å². The Morgan fingerprint density at radius 1 is 0.957 bits per heavy atom. The van der Waals surface area contributed by atoms with Crippen molar-refractivity contribution in [1.29, 1.82) is 0 Å². The highest BCUT2D eigenvalue weighted by molar-refractivity contribution is 6.07. The van der Waals surface area contributed by atoms with Crippen molar-refractivity contribution in [3.63, 3.8) is 0 Å². The lowest BCUT2D eigenvalue weighted by Gasteiger charge is -2.05. The molecule has 0 aliphatic rings. The van der Waals surface area contributed by atoms with Crippen LogP contribution in [0.4, 0.5) is 0 Å². The van der Waals surface area contributed by atoms with E-state index in [4.69, 9.17) is 0 Å². The van der Waals surface area contributed by atoms with E-state index in [1.807, 2.05) is 36.4 Å². The molecule has 1 N–H and O–H groups in total. The Balaban J connectivity index is 1.90. The van der Waals surface area contributed by atoms with Crippen LogP contribution in [0.5, 0.6) is 5.75 Å². The number of benzene rings is 2. The summed E-state index contributed by atoms with van der Waals surface area (Å²) in [6.45, 7) is 0. The summed E-state index contributed by atoms with van der Waals surface area (Å²) < 4.78 is 0. The number of carbonyl (C=O) groups is 1. The number of aromatic nitrogens is 1. The van der Waals surface area contributed by atoms with E-state index in [9.17, 15) is 9.90 Å². The first-order valence-electron chi connectivity index (χ1n) is 7.25. The average Bonchev–Trinajstić information content (AvgIpc) is 2.60. The molecule has 0 aliphatic carbocycles. The van der Waals surface area contributed by atoms with E-state index >= 15 is 0 Å². The second-order valence-electron chi connectivity index (χ2n) is 5.07. The molecule has 2 aromatic carbocycles. The van der Waals surface area contributed by atoms with Gasteiger partial charge in [-0.15, -0.1) is 0 Å². The smallest absolute Gasteiger partial charge is 0.185 e. The third-order valence-electron chi connectivity index (χ3n) is 3.50. The van der Waals surface area contributed by atoms with Gasteiger partial charge >= 0.3 is 0 Å². The van der Waals surface area contributed by atoms with Gasteiger partial charge in [0.15, 0.2) is 5.78 Å². The van der Waals surface area contributed by atoms with E-state index < -0.39 is 0 Å². The standard InChI is InChI=1S/C20H15NO2/c22-18-6-3-5-17(14-18)20(23)9-8-15-4-1-2-7-19(15)16-10-12-21-13-11-16/h1-14,22H. The van der Waals surface area contributed by atoms with Crippen molar-refractivity contribution in [1.82, 2.24) is 4.98 Å². The maximum Gasteiger partial charge on any atom is 0.185 e. The Labute approximate surface area is 134 Å². The molecule has 0 fully saturated rings. The van der Waals surface area contributed by atoms with Crippen LogP contribution < -0.4 is 0 Å². The van der Waals surface area contributed by atoms with Crippen molar-refractivity contribution in [2.45, 2.75) is 0 Å². The van der Waals surface area contributed by atoms with Crippen LogP contribution in [0, 0.1) is 0 Å². The maximum absolute atomic E-state index is 12.2. The molecule has 0 bridgehead atoms. The third-order valence-corrected chi connectivity index (χ3v) is 3.50. The fraction of sp³-hybridized carbons (Fsp3) is 0. The summed E-state index contributed by atoms with van der Waals surface area (Å²) in [5.74, 6) is -0.0631. The topological polar surface area (TPSA) is 50.2 Å². The van der Waals surface area contributed by atoms with Gasteiger partial charge < -0.3 is 5.11 Å². The number of phenols is 1. The molecule has 3 nitrogen and oxygen atoms in total. The zero-order chi connectivity index (χ0) is 16.1. The average molecular weight is 301 g/mol. The van der Waals surface area contributed by atoms with Gasteiger partial charge in [0, 0.05) is 18.0 Å². The summed E-state index contributed by atoms with van der Waals surface area (Å²) in [5, 5.41) is 9.46. The number of nitrogens with zero attached hydrogens (tertiary/aromatic N) is 1. The van der Waals surface area contributed by atoms with Crippen LogP contribution in [0.1, 0.15) is 15.9 Å². The van der Waals surface area contributed by atoms with Crippen molar-refractivity contribution >= 4 is 11.9 Å². The number of allylic oxidation sites excluding steroid dienone is 1. The number of phenolic OH excluding ortho intramolecular Hbond substituents is 1. The molecule has 1 heterocycles. The van der Waals surface area contributed by atoms with E-state index in [1.54, 1.807) is 36.7 Å². The first-order valence-corrected chi connectivity index (χ1v) is 7.25. The zero-order valence-corrected chi connectivity index (χ0v) is 12.4. The zero-order valence-electron chi connectivity index (χ0n) is 12.4. The lowest BCUT2D eigenvalue weighted by Crippen LogP contribution is -1.93. The summed E-state index contributed by atoms with van der Waals surface area (Å²) in [6, 6.07) is 18.1. The van der Waals surface area contributed by atoms with Gasteiger partial charge in [-0.1, -0.05) is 42.5 Å². The van der Waals surface area contributed by atoms with E-state index in [0.717, 1.165) is 16.7 Å². The third kappa shape index (κ3) is 3.52. The summed E-state index contributed by atoms with van der Waals surface area (Å²) in [4.78, 5) is 16.2. The van der Waals surface area contributed by atoms with Crippen molar-refractivity contribution < 1.29 is 9.90 Å². The van der Waals surface area contributed by atoms with Crippen LogP contribution in [0.25, 0.3) is 17.2 Å². The van der Waals surface area contributed by atoms with Crippen molar-refractivity contribution in [3.05, 3.63) is 90.3 Å². The van der Waals surface area contributed by atoms with Gasteiger partial charge in [-0.25, -0.2) is 0 Å². The van der Waals surface area contributed by atoms with Crippen LogP contribution in [-0.4, -0.2) is 15.9 Å². The van der Waals surface area contributed by atoms with E-state index in [2.05, 4.69) is 4.98 Å². The predicted molar refractivity (Wildman–Crippen MR) is 91.1 cm³/mol. The summed E-state index contributed by atoms with van der Waals surface area (Å²) >= 11 is 0. The molecule has 0 amide bonds. The predicted octanol–water partition coefficient (Wildman–Crippen LogP) is 4.35. The highest BCUT2D eigenvalue weighted by Crippen LogP contribution is 2.24. The number of rotatable bonds is 4. The molecule has 3 rings (SSSR count). The Morgan fingerprint density at radius 3 is 2.52 bits per heavy atom. The number of aromatic hydroxyl groups is 1. The second kappa shape index (κ2) is 6.71. The Kier molecular flexibility index (Phi) is 4.29. The molecule has 0 atom stereocenters. The Bertz CT molecular complexity index is 854. The SMILES string of the molecule is O=C(C=Cc1ccccc1-c1ccncc1)c1cccc(O)c1. The number of carbonyl (C=O) groups excluding carboxylic acids is 1. The molecule has 112 valence electrons. The van der Waals surface area contributed by atoms with E-state index in [1.165, 1.54) is 12.1 Å². The normalized spacial score (nSPS) is 10.8. The first-order chi connectivity index (χ1) is 11.2. The Hall–Kier alpha value is -3.20. The highest BCUT2D eigenvalue weighted by atomic mass is 16.3. The molecule has 0 saturated carbocycles. The van der Waals surface area contributed by atoms with Gasteiger partial charge in [-0.2, -0.15) is 0 Å². The minimum Gasteiger partial charge on any atom is -0.508 e. The number of ketones is 1. The lowest BCUT2D eigenvalue weighted by molar-refractivity contribution is 0.104. The van der Waals surface area contributed by atoms with Crippen LogP contribution in [0.2, 0.25) is 0 Å². The van der Waals surface area contributed by atoms with Gasteiger partial charge in [0.1, 0.15) is 5.75 Å². The molecule has 0 radical (unpaired) electrons. The number of hydrogen-bond donors (Lipinski definition) is 1. The maximum atomic E-state index is 12.2. The first kappa shape index (κ1) is 14.7. The molecule has 3 aromatic rings. The molecule has 3 heteroatoms. The molecule has 1 aromatic heterocycles. The number of pyridine rings is 1. The van der Waals surface area contributed by atoms with Crippen molar-refractivity contribution in [3.8, 4) is 16.9 Å². The monoisotopic (exact) mass is 301 g/mol. The molecule has 23 heavy (non-hydrogen) atoms. The van der Waals surface area contributed by atoms with Crippen molar-refractivity contribution in [2.24, 2.45) is 0 Å². The second-order valence-corrected chi connectivity index (χ2v) is 5.07. The molecule has 0 spiro atoms. The molecule has 0 aliphatic heterocycles. The minimum absolute atomic E-state index is 0.0847. The largest absolute Gasteiger partial charge is 0.508 e. The molecular weight excluding hydrogens is 286 g/mol. The molecule has 0 unspecified atom stereocenters. The van der Waals surface area contributed by atoms with Crippen LogP contribution in [0.3, 0.4) is 0 Å². The van der Waals surface area contributed by atoms with Gasteiger partial charge in [-0.05, 0) is 47.0 Å². The van der Waals surface area contributed by atoms with E-state index in [-0.39, 0.29) is 11.5 Å². The van der Waals surface area contributed by atoms with Gasteiger partial charge in [0.25, 0.3) is 0 Å². The summed E-state index contributed by atoms with van der Waals surface area (Å²) in [5.41, 5.74) is 3.50. The Morgan fingerprint density at radius 2 is 1.74 bits per heavy atom. The molecule has 0 saturated heterocycles. The fourth-order valence-corrected chi connectivity index (χ4v) is 2.36. The van der Waals surface area contributed by atoms with Gasteiger partial charge in [-0.3, -0.25) is 9.78 Å². The summed E-state index contributed by atoms with van der Waals surface area (Å²) in [6.07, 6.45) is 6.80. The van der Waals surface area contributed by atoms with Crippen LogP contribution in [0.15, 0.2) is 79.1 Å². The van der Waals surface area contributed by atoms with Crippen LogP contribution >= 0.6 is 0 Å². The van der Waals surface area contributed by atoms with Crippen LogP contribution in [-0.2, 0) is 0 Å². The number of hydrogen-bond acceptors (Lipinski definition) is 3. The fourth-order valence-electron chi connectivity index (χ4n) is 2.36. The summed E-state index contributed by atoms with van der Waals surface area (Å²) in [7, 11) is 0. The quantitative estimate of drug-likeness (QED) is 0.575. The minimum atomic E-state index is -0.148.